The van der Waals surface area contributed by atoms with Crippen LogP contribution in [0.3, 0.4) is 0 Å². The third-order valence-electron chi connectivity index (χ3n) is 4.93. The van der Waals surface area contributed by atoms with Crippen LogP contribution in [-0.4, -0.2) is 99.1 Å². The summed E-state index contributed by atoms with van der Waals surface area (Å²) < 4.78 is 27.1. The molecule has 2 saturated heterocycles. The van der Waals surface area contributed by atoms with E-state index in [0.717, 1.165) is 19.5 Å². The van der Waals surface area contributed by atoms with Gasteiger partial charge in [0.1, 0.15) is 0 Å². The largest absolute Gasteiger partial charge is 0.343 e. The van der Waals surface area contributed by atoms with Crippen LogP contribution in [0.4, 0.5) is 0 Å². The predicted molar refractivity (Wildman–Crippen MR) is 96.2 cm³/mol. The molecule has 0 aliphatic carbocycles. The standard InChI is InChI=1S/C17H24N4O4S/c1-18-5-9-20(10-6-18)17(23)15-3-2-4-16(13-15)26(24,25)21-11-7-19(14-22)8-12-21/h2-4,13-14H,5-12H2,1H3. The van der Waals surface area contributed by atoms with Crippen LogP contribution in [-0.2, 0) is 14.8 Å². The molecule has 1 aromatic rings. The van der Waals surface area contributed by atoms with Gasteiger partial charge in [0.05, 0.1) is 4.90 Å². The van der Waals surface area contributed by atoms with Gasteiger partial charge in [-0.2, -0.15) is 4.31 Å². The van der Waals surface area contributed by atoms with Gasteiger partial charge in [-0.05, 0) is 25.2 Å². The van der Waals surface area contributed by atoms with Gasteiger partial charge in [0.2, 0.25) is 16.4 Å². The normalized spacial score (nSPS) is 20.2. The number of nitrogens with zero attached hydrogens (tertiary/aromatic N) is 4. The molecule has 26 heavy (non-hydrogen) atoms. The Morgan fingerprint density at radius 3 is 2.27 bits per heavy atom. The van der Waals surface area contributed by atoms with E-state index < -0.39 is 10.0 Å². The molecule has 3 rings (SSSR count). The van der Waals surface area contributed by atoms with Crippen molar-refractivity contribution in [1.29, 1.82) is 0 Å². The average Bonchev–Trinajstić information content (AvgIpc) is 2.68. The van der Waals surface area contributed by atoms with Crippen LogP contribution >= 0.6 is 0 Å². The Hall–Kier alpha value is -1.97. The zero-order valence-corrected chi connectivity index (χ0v) is 15.7. The number of sulfonamides is 1. The summed E-state index contributed by atoms with van der Waals surface area (Å²) in [5, 5.41) is 0. The first-order valence-corrected chi connectivity index (χ1v) is 10.1. The maximum atomic E-state index is 12.9. The van der Waals surface area contributed by atoms with Crippen molar-refractivity contribution in [2.24, 2.45) is 0 Å². The summed E-state index contributed by atoms with van der Waals surface area (Å²) in [6.07, 6.45) is 0.735. The minimum atomic E-state index is -3.68. The van der Waals surface area contributed by atoms with Gasteiger partial charge in [-0.25, -0.2) is 8.42 Å². The Balaban J connectivity index is 1.76. The van der Waals surface area contributed by atoms with E-state index in [4.69, 9.17) is 0 Å². The number of carbonyl (C=O) groups is 2. The average molecular weight is 380 g/mol. The van der Waals surface area contributed by atoms with Crippen LogP contribution in [0.25, 0.3) is 0 Å². The summed E-state index contributed by atoms with van der Waals surface area (Å²) in [4.78, 5) is 29.1. The summed E-state index contributed by atoms with van der Waals surface area (Å²) in [5.41, 5.74) is 0.391. The monoisotopic (exact) mass is 380 g/mol. The molecule has 2 fully saturated rings. The van der Waals surface area contributed by atoms with Crippen LogP contribution in [0, 0.1) is 0 Å². The predicted octanol–water partition coefficient (Wildman–Crippen LogP) is -0.463. The fourth-order valence-corrected chi connectivity index (χ4v) is 4.65. The quantitative estimate of drug-likeness (QED) is 0.660. The first-order valence-electron chi connectivity index (χ1n) is 8.69. The fraction of sp³-hybridized carbons (Fsp3) is 0.529. The van der Waals surface area contributed by atoms with E-state index >= 15 is 0 Å². The van der Waals surface area contributed by atoms with Gasteiger partial charge in [0.15, 0.2) is 0 Å². The van der Waals surface area contributed by atoms with E-state index in [0.29, 0.717) is 31.7 Å². The molecule has 0 radical (unpaired) electrons. The van der Waals surface area contributed by atoms with E-state index in [1.807, 2.05) is 7.05 Å². The van der Waals surface area contributed by atoms with Gasteiger partial charge >= 0.3 is 0 Å². The molecule has 0 bridgehead atoms. The second-order valence-corrected chi connectivity index (χ2v) is 8.61. The highest BCUT2D eigenvalue weighted by Crippen LogP contribution is 2.20. The van der Waals surface area contributed by atoms with E-state index in [1.54, 1.807) is 21.9 Å². The number of rotatable bonds is 4. The zero-order chi connectivity index (χ0) is 18.7. The molecule has 0 saturated carbocycles. The molecule has 0 spiro atoms. The SMILES string of the molecule is CN1CCN(C(=O)c2cccc(S(=O)(=O)N3CCN(C=O)CC3)c2)CC1. The summed E-state index contributed by atoms with van der Waals surface area (Å²) in [7, 11) is -1.66. The summed E-state index contributed by atoms with van der Waals surface area (Å²) in [5.74, 6) is -0.138. The lowest BCUT2D eigenvalue weighted by molar-refractivity contribution is -0.119. The number of likely N-dealkylation sites (N-methyl/N-ethyl adjacent to an activating group) is 1. The van der Waals surface area contributed by atoms with Gasteiger partial charge in [-0.3, -0.25) is 9.59 Å². The van der Waals surface area contributed by atoms with Crippen LogP contribution in [0.2, 0.25) is 0 Å². The van der Waals surface area contributed by atoms with Crippen molar-refractivity contribution >= 4 is 22.3 Å². The summed E-state index contributed by atoms with van der Waals surface area (Å²) in [6.45, 7) is 4.18. The van der Waals surface area contributed by atoms with E-state index in [9.17, 15) is 18.0 Å². The van der Waals surface area contributed by atoms with Gasteiger partial charge in [0, 0.05) is 57.9 Å². The molecule has 142 valence electrons. The topological polar surface area (TPSA) is 81.2 Å². The number of carbonyl (C=O) groups excluding carboxylic acids is 2. The molecule has 0 N–H and O–H groups in total. The molecule has 2 heterocycles. The number of piperazine rings is 2. The number of benzene rings is 1. The molecule has 0 aromatic heterocycles. The van der Waals surface area contributed by atoms with E-state index in [2.05, 4.69) is 4.90 Å². The second-order valence-electron chi connectivity index (χ2n) is 6.67. The van der Waals surface area contributed by atoms with Crippen LogP contribution in [0.15, 0.2) is 29.2 Å². The van der Waals surface area contributed by atoms with Crippen LogP contribution in [0.1, 0.15) is 10.4 Å². The number of hydrogen-bond donors (Lipinski definition) is 0. The number of hydrogen-bond acceptors (Lipinski definition) is 5. The lowest BCUT2D eigenvalue weighted by atomic mass is 10.2. The first-order chi connectivity index (χ1) is 12.4. The third kappa shape index (κ3) is 3.89. The van der Waals surface area contributed by atoms with Crippen molar-refractivity contribution in [1.82, 2.24) is 19.0 Å². The first kappa shape index (κ1) is 18.8. The summed E-state index contributed by atoms with van der Waals surface area (Å²) in [6, 6.07) is 6.24. The molecule has 8 nitrogen and oxygen atoms in total. The van der Waals surface area contributed by atoms with Gasteiger partial charge in [-0.1, -0.05) is 6.07 Å². The molecule has 2 amide bonds. The molecule has 0 atom stereocenters. The smallest absolute Gasteiger partial charge is 0.253 e. The molecule has 0 unspecified atom stereocenters. The van der Waals surface area contributed by atoms with Crippen molar-refractivity contribution in [3.63, 3.8) is 0 Å². The van der Waals surface area contributed by atoms with E-state index in [1.165, 1.54) is 16.4 Å². The van der Waals surface area contributed by atoms with Crippen LogP contribution in [0.5, 0.6) is 0 Å². The highest BCUT2D eigenvalue weighted by molar-refractivity contribution is 7.89. The van der Waals surface area contributed by atoms with Crippen molar-refractivity contribution in [3.05, 3.63) is 29.8 Å². The fourth-order valence-electron chi connectivity index (χ4n) is 3.18. The summed E-state index contributed by atoms with van der Waals surface area (Å²) >= 11 is 0. The Kier molecular flexibility index (Phi) is 5.59. The van der Waals surface area contributed by atoms with Gasteiger partial charge in [0.25, 0.3) is 5.91 Å². The lowest BCUT2D eigenvalue weighted by Crippen LogP contribution is -2.48. The Bertz CT molecular complexity index is 767. The van der Waals surface area contributed by atoms with Gasteiger partial charge < -0.3 is 14.7 Å². The molecule has 2 aliphatic rings. The minimum Gasteiger partial charge on any atom is -0.343 e. The Morgan fingerprint density at radius 1 is 1.00 bits per heavy atom. The molecular weight excluding hydrogens is 356 g/mol. The second kappa shape index (κ2) is 7.73. The van der Waals surface area contributed by atoms with E-state index in [-0.39, 0.29) is 23.9 Å². The third-order valence-corrected chi connectivity index (χ3v) is 6.83. The van der Waals surface area contributed by atoms with Crippen molar-refractivity contribution in [2.75, 3.05) is 59.4 Å². The molecule has 2 aliphatic heterocycles. The maximum absolute atomic E-state index is 12.9. The molecular formula is C17H24N4O4S. The van der Waals surface area contributed by atoms with Crippen molar-refractivity contribution in [3.8, 4) is 0 Å². The maximum Gasteiger partial charge on any atom is 0.253 e. The zero-order valence-electron chi connectivity index (χ0n) is 14.9. The number of amides is 2. The van der Waals surface area contributed by atoms with Crippen molar-refractivity contribution < 1.29 is 18.0 Å². The Morgan fingerprint density at radius 2 is 1.65 bits per heavy atom. The lowest BCUT2D eigenvalue weighted by Gasteiger charge is -2.33. The highest BCUT2D eigenvalue weighted by atomic mass is 32.2. The van der Waals surface area contributed by atoms with Crippen molar-refractivity contribution in [2.45, 2.75) is 4.90 Å². The van der Waals surface area contributed by atoms with Gasteiger partial charge in [-0.15, -0.1) is 0 Å². The highest BCUT2D eigenvalue weighted by Gasteiger charge is 2.29. The molecule has 1 aromatic carbocycles. The molecule has 9 heteroatoms. The minimum absolute atomic E-state index is 0.122. The van der Waals surface area contributed by atoms with Crippen LogP contribution < -0.4 is 0 Å². The Labute approximate surface area is 154 Å².